The minimum absolute atomic E-state index is 0.0646. The van der Waals surface area contributed by atoms with Gasteiger partial charge in [0.2, 0.25) is 0 Å². The third-order valence-corrected chi connectivity index (χ3v) is 4.08. The number of nitrogens with one attached hydrogen (secondary N) is 1. The lowest BCUT2D eigenvalue weighted by Gasteiger charge is -2.26. The van der Waals surface area contributed by atoms with E-state index in [0.717, 1.165) is 18.0 Å². The molecule has 0 radical (unpaired) electrons. The number of rotatable bonds is 3. The predicted octanol–water partition coefficient (Wildman–Crippen LogP) is 3.26. The Hall–Kier alpha value is -1.51. The number of benzene rings is 1. The molecule has 1 aliphatic rings. The Kier molecular flexibility index (Phi) is 4.46. The van der Waals surface area contributed by atoms with Crippen molar-refractivity contribution >= 4 is 5.91 Å². The van der Waals surface area contributed by atoms with Gasteiger partial charge in [-0.2, -0.15) is 0 Å². The molecule has 0 saturated heterocycles. The van der Waals surface area contributed by atoms with Crippen LogP contribution < -0.4 is 5.32 Å². The molecular formula is C16H23NO2. The Labute approximate surface area is 115 Å². The molecule has 0 atom stereocenters. The first kappa shape index (κ1) is 13.9. The van der Waals surface area contributed by atoms with Crippen LogP contribution in [0, 0.1) is 18.8 Å². The van der Waals surface area contributed by atoms with E-state index in [1.165, 1.54) is 25.7 Å². The van der Waals surface area contributed by atoms with E-state index in [1.807, 2.05) is 13.0 Å². The van der Waals surface area contributed by atoms with Crippen LogP contribution in [0.3, 0.4) is 0 Å². The number of carbonyl (C=O) groups is 1. The van der Waals surface area contributed by atoms with Gasteiger partial charge < -0.3 is 10.4 Å². The van der Waals surface area contributed by atoms with Gasteiger partial charge in [0.15, 0.2) is 0 Å². The maximum atomic E-state index is 12.0. The summed E-state index contributed by atoms with van der Waals surface area (Å²) in [5.41, 5.74) is 1.32. The lowest BCUT2D eigenvalue weighted by atomic mass is 9.83. The van der Waals surface area contributed by atoms with Crippen molar-refractivity contribution < 1.29 is 9.90 Å². The first-order chi connectivity index (χ1) is 9.06. The van der Waals surface area contributed by atoms with Crippen molar-refractivity contribution in [3.05, 3.63) is 29.3 Å². The zero-order valence-corrected chi connectivity index (χ0v) is 11.8. The Morgan fingerprint density at radius 2 is 2.00 bits per heavy atom. The zero-order valence-electron chi connectivity index (χ0n) is 11.8. The number of aryl methyl sites for hydroxylation is 1. The van der Waals surface area contributed by atoms with Gasteiger partial charge >= 0.3 is 0 Å². The number of phenols is 1. The van der Waals surface area contributed by atoms with Crippen molar-refractivity contribution in [3.63, 3.8) is 0 Å². The van der Waals surface area contributed by atoms with Crippen LogP contribution in [0.2, 0.25) is 0 Å². The van der Waals surface area contributed by atoms with Crippen LogP contribution in [0.5, 0.6) is 5.75 Å². The molecule has 3 nitrogen and oxygen atoms in total. The molecular weight excluding hydrogens is 238 g/mol. The van der Waals surface area contributed by atoms with E-state index in [9.17, 15) is 9.90 Å². The van der Waals surface area contributed by atoms with Crippen LogP contribution >= 0.6 is 0 Å². The van der Waals surface area contributed by atoms with Crippen molar-refractivity contribution in [1.82, 2.24) is 5.32 Å². The maximum absolute atomic E-state index is 12.0. The van der Waals surface area contributed by atoms with Crippen LogP contribution in [0.25, 0.3) is 0 Å². The maximum Gasteiger partial charge on any atom is 0.255 e. The van der Waals surface area contributed by atoms with Gasteiger partial charge in [0, 0.05) is 6.54 Å². The van der Waals surface area contributed by atoms with Crippen molar-refractivity contribution in [2.45, 2.75) is 39.5 Å². The summed E-state index contributed by atoms with van der Waals surface area (Å²) in [6.45, 7) is 4.91. The number of hydrogen-bond donors (Lipinski definition) is 2. The molecule has 19 heavy (non-hydrogen) atoms. The summed E-state index contributed by atoms with van der Waals surface area (Å²) in [7, 11) is 0. The fourth-order valence-corrected chi connectivity index (χ4v) is 2.70. The normalized spacial score (nSPS) is 23.1. The second-order valence-corrected chi connectivity index (χ2v) is 5.86. The van der Waals surface area contributed by atoms with E-state index in [1.54, 1.807) is 12.1 Å². The minimum atomic E-state index is -0.170. The molecule has 0 spiro atoms. The van der Waals surface area contributed by atoms with E-state index in [2.05, 4.69) is 12.2 Å². The summed E-state index contributed by atoms with van der Waals surface area (Å²) in [6, 6.07) is 5.15. The molecule has 1 amide bonds. The highest BCUT2D eigenvalue weighted by Gasteiger charge is 2.19. The van der Waals surface area contributed by atoms with Crippen molar-refractivity contribution in [2.24, 2.45) is 11.8 Å². The fraction of sp³-hybridized carbons (Fsp3) is 0.562. The molecule has 0 aliphatic heterocycles. The molecule has 1 fully saturated rings. The average molecular weight is 261 g/mol. The number of phenolic OH excluding ortho intramolecular Hbond substituents is 1. The summed E-state index contributed by atoms with van der Waals surface area (Å²) in [6.07, 6.45) is 4.91. The fourth-order valence-electron chi connectivity index (χ4n) is 2.70. The molecule has 1 aromatic rings. The zero-order chi connectivity index (χ0) is 13.8. The first-order valence-corrected chi connectivity index (χ1v) is 7.14. The van der Waals surface area contributed by atoms with Gasteiger partial charge in [0.05, 0.1) is 5.56 Å². The smallest absolute Gasteiger partial charge is 0.255 e. The van der Waals surface area contributed by atoms with Gasteiger partial charge in [-0.3, -0.25) is 4.79 Å². The van der Waals surface area contributed by atoms with E-state index < -0.39 is 0 Å². The molecule has 1 aliphatic carbocycles. The van der Waals surface area contributed by atoms with Gasteiger partial charge in [0.25, 0.3) is 5.91 Å². The second kappa shape index (κ2) is 6.09. The number of hydrogen-bond acceptors (Lipinski definition) is 2. The van der Waals surface area contributed by atoms with Gasteiger partial charge in [-0.1, -0.05) is 25.8 Å². The van der Waals surface area contributed by atoms with Crippen LogP contribution in [-0.4, -0.2) is 17.6 Å². The highest BCUT2D eigenvalue weighted by molar-refractivity contribution is 5.96. The third-order valence-electron chi connectivity index (χ3n) is 4.08. The molecule has 1 aromatic carbocycles. The molecule has 0 unspecified atom stereocenters. The largest absolute Gasteiger partial charge is 0.507 e. The van der Waals surface area contributed by atoms with Crippen LogP contribution in [0.15, 0.2) is 18.2 Å². The molecule has 2 N–H and O–H groups in total. The topological polar surface area (TPSA) is 49.3 Å². The van der Waals surface area contributed by atoms with E-state index in [0.29, 0.717) is 11.5 Å². The standard InChI is InChI=1S/C16H23NO2/c1-11-3-6-13(7-4-11)10-17-16(19)14-8-5-12(2)9-15(14)18/h5,8-9,11,13,18H,3-4,6-7,10H2,1-2H3,(H,17,19). The SMILES string of the molecule is Cc1ccc(C(=O)NCC2CCC(C)CC2)c(O)c1. The lowest BCUT2D eigenvalue weighted by Crippen LogP contribution is -2.31. The molecule has 104 valence electrons. The highest BCUT2D eigenvalue weighted by atomic mass is 16.3. The summed E-state index contributed by atoms with van der Waals surface area (Å²) in [5.74, 6) is 1.31. The molecule has 3 heteroatoms. The Balaban J connectivity index is 1.87. The van der Waals surface area contributed by atoms with E-state index >= 15 is 0 Å². The average Bonchev–Trinajstić information content (AvgIpc) is 2.37. The Morgan fingerprint density at radius 3 is 2.63 bits per heavy atom. The summed E-state index contributed by atoms with van der Waals surface area (Å²) < 4.78 is 0. The molecule has 2 rings (SSSR count). The van der Waals surface area contributed by atoms with E-state index in [-0.39, 0.29) is 11.7 Å². The number of amides is 1. The van der Waals surface area contributed by atoms with Crippen molar-refractivity contribution in [1.29, 1.82) is 0 Å². The van der Waals surface area contributed by atoms with Crippen LogP contribution in [-0.2, 0) is 0 Å². The predicted molar refractivity (Wildman–Crippen MR) is 76.3 cm³/mol. The van der Waals surface area contributed by atoms with Gasteiger partial charge in [0.1, 0.15) is 5.75 Å². The molecule has 1 saturated carbocycles. The monoisotopic (exact) mass is 261 g/mol. The first-order valence-electron chi connectivity index (χ1n) is 7.14. The van der Waals surface area contributed by atoms with Crippen molar-refractivity contribution in [3.8, 4) is 5.75 Å². The highest BCUT2D eigenvalue weighted by Crippen LogP contribution is 2.27. The van der Waals surface area contributed by atoms with E-state index in [4.69, 9.17) is 0 Å². The third kappa shape index (κ3) is 3.72. The Bertz CT molecular complexity index is 448. The van der Waals surface area contributed by atoms with Crippen molar-refractivity contribution in [2.75, 3.05) is 6.54 Å². The summed E-state index contributed by atoms with van der Waals surface area (Å²) in [4.78, 5) is 12.0. The minimum Gasteiger partial charge on any atom is -0.507 e. The van der Waals surface area contributed by atoms with Crippen LogP contribution in [0.1, 0.15) is 48.5 Å². The van der Waals surface area contributed by atoms with Gasteiger partial charge in [-0.15, -0.1) is 0 Å². The molecule has 0 heterocycles. The molecule has 0 aromatic heterocycles. The summed E-state index contributed by atoms with van der Waals surface area (Å²) >= 11 is 0. The Morgan fingerprint density at radius 1 is 1.32 bits per heavy atom. The quantitative estimate of drug-likeness (QED) is 0.877. The molecule has 0 bridgehead atoms. The van der Waals surface area contributed by atoms with Gasteiger partial charge in [-0.05, 0) is 49.3 Å². The summed E-state index contributed by atoms with van der Waals surface area (Å²) in [5, 5.41) is 12.7. The second-order valence-electron chi connectivity index (χ2n) is 5.86. The lowest BCUT2D eigenvalue weighted by molar-refractivity contribution is 0.0939. The number of carbonyl (C=O) groups excluding carboxylic acids is 1. The number of aromatic hydroxyl groups is 1. The van der Waals surface area contributed by atoms with Gasteiger partial charge in [-0.25, -0.2) is 0 Å². The van der Waals surface area contributed by atoms with Crippen LogP contribution in [0.4, 0.5) is 0 Å².